The van der Waals surface area contributed by atoms with Gasteiger partial charge in [0, 0.05) is 22.5 Å². The van der Waals surface area contributed by atoms with Crippen molar-refractivity contribution >= 4 is 74.7 Å². The van der Waals surface area contributed by atoms with E-state index in [2.05, 4.69) is 20.2 Å². The van der Waals surface area contributed by atoms with Crippen molar-refractivity contribution in [1.29, 1.82) is 0 Å². The van der Waals surface area contributed by atoms with E-state index in [1.165, 1.54) is 57.2 Å². The summed E-state index contributed by atoms with van der Waals surface area (Å²) in [5.41, 5.74) is 7.87. The van der Waals surface area contributed by atoms with Gasteiger partial charge in [0.15, 0.2) is 15.5 Å². The third-order valence-electron chi connectivity index (χ3n) is 4.16. The van der Waals surface area contributed by atoms with Crippen LogP contribution in [-0.4, -0.2) is 65.9 Å². The SMILES string of the molecule is Nc1nc(/C(=C/CSc2nncs2)C([O-])=N[C@@H]2C(=O)N3C(C(=O)O)=CCS[C@H]23)cs1.[Na+]. The van der Waals surface area contributed by atoms with Gasteiger partial charge in [-0.05, 0) is 12.0 Å². The van der Waals surface area contributed by atoms with Crippen LogP contribution in [-0.2, 0) is 9.59 Å². The van der Waals surface area contributed by atoms with E-state index in [1.54, 1.807) is 17.0 Å². The molecule has 0 unspecified atom stereocenters. The molecule has 3 N–H and O–H groups in total. The van der Waals surface area contributed by atoms with Crippen molar-refractivity contribution in [2.24, 2.45) is 4.99 Å². The predicted octanol–water partition coefficient (Wildman–Crippen LogP) is -2.23. The number of nitrogens with two attached hydrogens (primary N) is 1. The van der Waals surface area contributed by atoms with E-state index in [0.29, 0.717) is 22.3 Å². The van der Waals surface area contributed by atoms with Gasteiger partial charge in [0.2, 0.25) is 0 Å². The zero-order chi connectivity index (χ0) is 21.3. The third kappa shape index (κ3) is 5.16. The topological polar surface area (TPSA) is 158 Å². The Balaban J connectivity index is 0.00000272. The zero-order valence-electron chi connectivity index (χ0n) is 16.0. The average molecular weight is 505 g/mol. The molecule has 0 aliphatic carbocycles. The second kappa shape index (κ2) is 10.5. The van der Waals surface area contributed by atoms with Crippen molar-refractivity contribution in [3.63, 3.8) is 0 Å². The Morgan fingerprint density at radius 2 is 2.29 bits per heavy atom. The van der Waals surface area contributed by atoms with Gasteiger partial charge in [-0.1, -0.05) is 29.2 Å². The van der Waals surface area contributed by atoms with Crippen LogP contribution in [0.4, 0.5) is 5.13 Å². The first-order valence-corrected chi connectivity index (χ1v) is 12.2. The summed E-state index contributed by atoms with van der Waals surface area (Å²) in [6.07, 6.45) is 3.15. The quantitative estimate of drug-likeness (QED) is 0.139. The van der Waals surface area contributed by atoms with Crippen LogP contribution in [0.2, 0.25) is 0 Å². The number of amides is 1. The van der Waals surface area contributed by atoms with E-state index in [4.69, 9.17) is 5.73 Å². The van der Waals surface area contributed by atoms with E-state index >= 15 is 0 Å². The summed E-state index contributed by atoms with van der Waals surface area (Å²) < 4.78 is 0.754. The molecule has 2 aromatic rings. The second-order valence-electron chi connectivity index (χ2n) is 5.91. The molecule has 4 rings (SSSR count). The molecule has 0 radical (unpaired) electrons. The first-order valence-electron chi connectivity index (χ1n) is 8.39. The third-order valence-corrected chi connectivity index (χ3v) is 7.79. The number of nitrogen functional groups attached to an aromatic ring is 1. The number of hydrogen-bond donors (Lipinski definition) is 2. The van der Waals surface area contributed by atoms with E-state index in [9.17, 15) is 19.8 Å². The molecule has 2 aliphatic heterocycles. The van der Waals surface area contributed by atoms with Crippen molar-refractivity contribution in [1.82, 2.24) is 20.1 Å². The van der Waals surface area contributed by atoms with Crippen LogP contribution >= 0.6 is 46.2 Å². The maximum atomic E-state index is 12.9. The van der Waals surface area contributed by atoms with Crippen molar-refractivity contribution in [3.8, 4) is 0 Å². The molecule has 15 heteroatoms. The number of thioether (sulfide) groups is 2. The molecule has 0 spiro atoms. The summed E-state index contributed by atoms with van der Waals surface area (Å²) >= 11 is 5.35. The second-order valence-corrected chi connectivity index (χ2v) is 10.0. The van der Waals surface area contributed by atoms with Gasteiger partial charge in [0.05, 0.1) is 5.69 Å². The maximum Gasteiger partial charge on any atom is 1.00 e. The Morgan fingerprint density at radius 1 is 1.48 bits per heavy atom. The van der Waals surface area contributed by atoms with Crippen molar-refractivity contribution in [2.45, 2.75) is 15.8 Å². The van der Waals surface area contributed by atoms with Gasteiger partial charge in [-0.2, -0.15) is 0 Å². The van der Waals surface area contributed by atoms with Crippen LogP contribution in [0.3, 0.4) is 0 Å². The first-order chi connectivity index (χ1) is 14.5. The monoisotopic (exact) mass is 504 g/mol. The largest absolute Gasteiger partial charge is 1.00 e. The normalized spacial score (nSPS) is 21.1. The number of carboxylic acid groups (broad SMARTS) is 1. The van der Waals surface area contributed by atoms with E-state index in [-0.39, 0.29) is 40.8 Å². The minimum absolute atomic E-state index is 0. The van der Waals surface area contributed by atoms with Crippen LogP contribution in [0.25, 0.3) is 5.57 Å². The summed E-state index contributed by atoms with van der Waals surface area (Å²) in [6, 6.07) is -0.930. The Labute approximate surface area is 215 Å². The van der Waals surface area contributed by atoms with E-state index in [0.717, 1.165) is 4.34 Å². The number of thiazole rings is 1. The summed E-state index contributed by atoms with van der Waals surface area (Å²) in [7, 11) is 0. The predicted molar refractivity (Wildman–Crippen MR) is 115 cm³/mol. The molecule has 2 aliphatic rings. The van der Waals surface area contributed by atoms with Crippen LogP contribution < -0.4 is 40.4 Å². The summed E-state index contributed by atoms with van der Waals surface area (Å²) in [6.45, 7) is 0. The molecule has 1 amide bonds. The number of aliphatic imine (C=N–C) groups is 1. The van der Waals surface area contributed by atoms with E-state index < -0.39 is 29.2 Å². The fourth-order valence-corrected chi connectivity index (χ4v) is 5.96. The Morgan fingerprint density at radius 3 is 2.94 bits per heavy atom. The van der Waals surface area contributed by atoms with E-state index in [1.807, 2.05) is 0 Å². The number of β-lactam (4-membered cyclic amide) rings is 1. The molecular formula is C16H13N6NaO4S4. The minimum atomic E-state index is -1.18. The van der Waals surface area contributed by atoms with Crippen molar-refractivity contribution < 1.29 is 49.4 Å². The Bertz CT molecular complexity index is 1070. The minimum Gasteiger partial charge on any atom is -0.858 e. The number of carboxylic acids is 1. The molecule has 10 nitrogen and oxygen atoms in total. The van der Waals surface area contributed by atoms with Gasteiger partial charge in [0.1, 0.15) is 16.6 Å². The summed E-state index contributed by atoms with van der Waals surface area (Å²) in [4.78, 5) is 33.2. The number of aromatic nitrogens is 3. The molecule has 31 heavy (non-hydrogen) atoms. The molecule has 0 bridgehead atoms. The van der Waals surface area contributed by atoms with Gasteiger partial charge >= 0.3 is 35.5 Å². The fourth-order valence-electron chi connectivity index (χ4n) is 2.83. The average Bonchev–Trinajstić information content (AvgIpc) is 3.40. The van der Waals surface area contributed by atoms with Crippen LogP contribution in [0.1, 0.15) is 5.69 Å². The number of fused-ring (bicyclic) bond motifs is 1. The summed E-state index contributed by atoms with van der Waals surface area (Å²) in [5, 5.41) is 31.3. The van der Waals surface area contributed by atoms with Crippen molar-refractivity contribution in [2.75, 3.05) is 17.2 Å². The number of anilines is 1. The van der Waals surface area contributed by atoms with Gasteiger partial charge in [-0.15, -0.1) is 33.3 Å². The fraction of sp³-hybridized carbons (Fsp3) is 0.250. The molecule has 2 aromatic heterocycles. The van der Waals surface area contributed by atoms with Gasteiger partial charge in [-0.3, -0.25) is 14.7 Å². The maximum absolute atomic E-state index is 12.9. The van der Waals surface area contributed by atoms with Crippen molar-refractivity contribution in [3.05, 3.63) is 34.4 Å². The zero-order valence-corrected chi connectivity index (χ0v) is 21.3. The number of carbonyl (C=O) groups is 2. The molecule has 1 fully saturated rings. The van der Waals surface area contributed by atoms with Gasteiger partial charge in [-0.25, -0.2) is 9.78 Å². The van der Waals surface area contributed by atoms with Crippen LogP contribution in [0.15, 0.2) is 38.1 Å². The molecule has 0 saturated carbocycles. The molecule has 4 heterocycles. The molecule has 0 aromatic carbocycles. The Hall–Kier alpha value is -1.42. The molecular weight excluding hydrogens is 491 g/mol. The standard InChI is InChI=1S/C16H14N6O4S4.Na/c17-15-19-8(5-29-15)7(1-3-28-16-21-18-6-30-16)11(23)20-10-12(24)22-9(14(25)26)2-4-27-13(10)22;/h1-2,5-6,10,13H,3-4H2,(H2,17,19)(H,20,23)(H,25,26);/q;+1/p-1/b7-1-;/t10-,13-;/m1./s1. The van der Waals surface area contributed by atoms with Crippen LogP contribution in [0.5, 0.6) is 0 Å². The Kier molecular flexibility index (Phi) is 8.18. The first kappa shape index (κ1) is 24.2. The smallest absolute Gasteiger partial charge is 0.858 e. The molecule has 2 atom stereocenters. The number of hydrogen-bond acceptors (Lipinski definition) is 12. The summed E-state index contributed by atoms with van der Waals surface area (Å²) in [5.74, 6) is -1.42. The number of nitrogens with zero attached hydrogens (tertiary/aromatic N) is 5. The van der Waals surface area contributed by atoms with Crippen LogP contribution in [0, 0.1) is 0 Å². The van der Waals surface area contributed by atoms with Gasteiger partial charge in [0.25, 0.3) is 5.91 Å². The number of aliphatic carboxylic acids is 1. The molecule has 156 valence electrons. The number of carbonyl (C=O) groups excluding carboxylic acids is 1. The number of rotatable bonds is 7. The molecule has 1 saturated heterocycles. The van der Waals surface area contributed by atoms with Gasteiger partial charge < -0.3 is 15.9 Å².